The van der Waals surface area contributed by atoms with Gasteiger partial charge in [0.05, 0.1) is 47.4 Å². The summed E-state index contributed by atoms with van der Waals surface area (Å²) in [5.74, 6) is 0.475. The third-order valence-electron chi connectivity index (χ3n) is 5.82. The third-order valence-corrected chi connectivity index (χ3v) is 8.35. The third kappa shape index (κ3) is 5.15. The summed E-state index contributed by atoms with van der Waals surface area (Å²) >= 11 is 12.9. The molecule has 0 bridgehead atoms. The molecule has 7 nitrogen and oxygen atoms in total. The number of nitrogens with zero attached hydrogens (tertiary/aromatic N) is 3. The average molecular weight is 498 g/mol. The molecule has 1 saturated heterocycles. The average Bonchev–Trinajstić information content (AvgIpc) is 3.32. The first-order valence-electron chi connectivity index (χ1n) is 10.9. The van der Waals surface area contributed by atoms with Crippen LogP contribution in [0.4, 0.5) is 5.69 Å². The van der Waals surface area contributed by atoms with E-state index in [2.05, 4.69) is 24.7 Å². The van der Waals surface area contributed by atoms with E-state index in [1.165, 1.54) is 0 Å². The number of amides is 1. The van der Waals surface area contributed by atoms with E-state index in [4.69, 9.17) is 37.4 Å². The Labute approximate surface area is 199 Å². The normalized spacial score (nSPS) is 18.8. The minimum Gasteiger partial charge on any atom is -0.467 e. The number of halogens is 2. The summed E-state index contributed by atoms with van der Waals surface area (Å²) in [5.41, 5.74) is 2.48. The molecular weight excluding hydrogens is 469 g/mol. The highest BCUT2D eigenvalue weighted by Gasteiger charge is 2.37. The molecule has 2 aliphatic rings. The monoisotopic (exact) mass is 497 g/mol. The quantitative estimate of drug-likeness (QED) is 0.293. The summed E-state index contributed by atoms with van der Waals surface area (Å²) in [6, 6.07) is 4.58. The zero-order valence-corrected chi connectivity index (χ0v) is 21.2. The van der Waals surface area contributed by atoms with Gasteiger partial charge in [-0.3, -0.25) is 9.48 Å². The van der Waals surface area contributed by atoms with Crippen LogP contribution in [0.5, 0.6) is 5.75 Å². The predicted octanol–water partition coefficient (Wildman–Crippen LogP) is 4.93. The number of ether oxygens (including phenoxy) is 3. The van der Waals surface area contributed by atoms with Gasteiger partial charge in [-0.25, -0.2) is 0 Å². The van der Waals surface area contributed by atoms with E-state index in [1.807, 2.05) is 4.68 Å². The van der Waals surface area contributed by atoms with Crippen LogP contribution in [0, 0.1) is 0 Å². The summed E-state index contributed by atoms with van der Waals surface area (Å²) in [4.78, 5) is 14.7. The van der Waals surface area contributed by atoms with E-state index < -0.39 is 8.07 Å². The van der Waals surface area contributed by atoms with Gasteiger partial charge in [-0.2, -0.15) is 5.10 Å². The van der Waals surface area contributed by atoms with Crippen molar-refractivity contribution in [2.45, 2.75) is 51.2 Å². The first-order chi connectivity index (χ1) is 15.2. The van der Waals surface area contributed by atoms with Gasteiger partial charge in [0, 0.05) is 39.1 Å². The fraction of sp³-hybridized carbons (Fsp3) is 0.545. The Morgan fingerprint density at radius 2 is 2.09 bits per heavy atom. The van der Waals surface area contributed by atoms with Crippen LogP contribution >= 0.6 is 23.2 Å². The number of hydrogen-bond donors (Lipinski definition) is 0. The maximum absolute atomic E-state index is 13.0. The van der Waals surface area contributed by atoms with Crippen molar-refractivity contribution in [2.24, 2.45) is 0 Å². The van der Waals surface area contributed by atoms with Crippen molar-refractivity contribution in [3.05, 3.63) is 39.6 Å². The molecule has 1 fully saturated rings. The van der Waals surface area contributed by atoms with Gasteiger partial charge in [-0.05, 0) is 18.2 Å². The molecule has 174 valence electrons. The molecule has 1 amide bonds. The van der Waals surface area contributed by atoms with Crippen LogP contribution in [-0.2, 0) is 27.4 Å². The van der Waals surface area contributed by atoms with E-state index in [0.717, 1.165) is 23.0 Å². The maximum atomic E-state index is 13.0. The number of carbonyl (C=O) groups excluding carboxylic acids is 1. The Balaban J connectivity index is 1.50. The van der Waals surface area contributed by atoms with Crippen molar-refractivity contribution in [1.29, 1.82) is 0 Å². The van der Waals surface area contributed by atoms with Gasteiger partial charge in [0.2, 0.25) is 5.91 Å². The molecule has 1 aromatic heterocycles. The second-order valence-corrected chi connectivity index (χ2v) is 15.8. The van der Waals surface area contributed by atoms with E-state index in [9.17, 15) is 4.79 Å². The highest BCUT2D eigenvalue weighted by atomic mass is 35.5. The lowest BCUT2D eigenvalue weighted by molar-refractivity contribution is -0.117. The largest absolute Gasteiger partial charge is 0.467 e. The van der Waals surface area contributed by atoms with Crippen molar-refractivity contribution < 1.29 is 19.0 Å². The van der Waals surface area contributed by atoms with Gasteiger partial charge in [0.25, 0.3) is 0 Å². The first-order valence-corrected chi connectivity index (χ1v) is 15.3. The summed E-state index contributed by atoms with van der Waals surface area (Å²) in [6.07, 6.45) is 2.06. The molecule has 32 heavy (non-hydrogen) atoms. The highest BCUT2D eigenvalue weighted by molar-refractivity contribution is 6.76. The van der Waals surface area contributed by atoms with E-state index in [0.29, 0.717) is 55.1 Å². The van der Waals surface area contributed by atoms with Crippen LogP contribution in [0.15, 0.2) is 18.3 Å². The fourth-order valence-corrected chi connectivity index (χ4v) is 5.25. The summed E-state index contributed by atoms with van der Waals surface area (Å²) in [6.45, 7) is 9.96. The fourth-order valence-electron chi connectivity index (χ4n) is 4.02. The van der Waals surface area contributed by atoms with Crippen LogP contribution in [0.25, 0.3) is 0 Å². The van der Waals surface area contributed by atoms with Crippen molar-refractivity contribution >= 4 is 42.9 Å². The zero-order chi connectivity index (χ0) is 22.9. The Kier molecular flexibility index (Phi) is 7.17. The minimum absolute atomic E-state index is 0.0183. The van der Waals surface area contributed by atoms with Gasteiger partial charge >= 0.3 is 0 Å². The van der Waals surface area contributed by atoms with Crippen LogP contribution in [0.1, 0.15) is 23.6 Å². The second kappa shape index (κ2) is 9.73. The van der Waals surface area contributed by atoms with Gasteiger partial charge in [-0.1, -0.05) is 42.8 Å². The zero-order valence-electron chi connectivity index (χ0n) is 18.7. The molecular formula is C22H29Cl2N3O4Si. The Hall–Kier alpha value is -1.58. The molecule has 1 aromatic carbocycles. The van der Waals surface area contributed by atoms with E-state index >= 15 is 0 Å². The molecule has 0 saturated carbocycles. The van der Waals surface area contributed by atoms with Crippen LogP contribution in [0.2, 0.25) is 35.7 Å². The molecule has 2 aliphatic heterocycles. The first kappa shape index (κ1) is 23.6. The smallest absolute Gasteiger partial charge is 0.227 e. The number of fused-ring (bicyclic) bond motifs is 1. The standard InChI is InChI=1S/C22H29Cl2N3O4Si/c1-32(2,3)9-8-30-14-31-19-5-4-16(23)22(24)21(19)15-10-20(28)26(12-15)17-11-25-27-6-7-29-13-18(17)27/h4-5,11,15H,6-10,12-14H2,1-3H3. The number of rotatable bonds is 8. The lowest BCUT2D eigenvalue weighted by atomic mass is 9.97. The molecule has 4 rings (SSSR count). The topological polar surface area (TPSA) is 65.8 Å². The van der Waals surface area contributed by atoms with Gasteiger partial charge < -0.3 is 19.1 Å². The lowest BCUT2D eigenvalue weighted by Gasteiger charge is -2.22. The number of anilines is 1. The summed E-state index contributed by atoms with van der Waals surface area (Å²) < 4.78 is 19.1. The van der Waals surface area contributed by atoms with Crippen molar-refractivity contribution in [3.63, 3.8) is 0 Å². The molecule has 1 unspecified atom stereocenters. The number of hydrogen-bond acceptors (Lipinski definition) is 5. The van der Waals surface area contributed by atoms with Crippen molar-refractivity contribution in [1.82, 2.24) is 9.78 Å². The molecule has 1 atom stereocenters. The SMILES string of the molecule is C[Si](C)(C)CCOCOc1ccc(Cl)c(Cl)c1C1CC(=O)N(c2cnn3c2COCC3)C1. The minimum atomic E-state index is -1.17. The maximum Gasteiger partial charge on any atom is 0.227 e. The van der Waals surface area contributed by atoms with Crippen LogP contribution in [-0.4, -0.2) is 50.3 Å². The lowest BCUT2D eigenvalue weighted by Crippen LogP contribution is -2.27. The molecule has 10 heteroatoms. The molecule has 3 heterocycles. The van der Waals surface area contributed by atoms with E-state index in [-0.39, 0.29) is 18.6 Å². The second-order valence-electron chi connectivity index (χ2n) is 9.41. The number of carbonyl (C=O) groups is 1. The molecule has 2 aromatic rings. The van der Waals surface area contributed by atoms with Crippen molar-refractivity contribution in [2.75, 3.05) is 31.5 Å². The van der Waals surface area contributed by atoms with Gasteiger partial charge in [0.15, 0.2) is 6.79 Å². The molecule has 0 N–H and O–H groups in total. The van der Waals surface area contributed by atoms with Gasteiger partial charge in [-0.15, -0.1) is 0 Å². The number of aromatic nitrogens is 2. The molecule has 0 radical (unpaired) electrons. The Bertz CT molecular complexity index is 992. The molecule has 0 spiro atoms. The van der Waals surface area contributed by atoms with Gasteiger partial charge in [0.1, 0.15) is 5.75 Å². The number of benzene rings is 1. The van der Waals surface area contributed by atoms with Crippen molar-refractivity contribution in [3.8, 4) is 5.75 Å². The van der Waals surface area contributed by atoms with Crippen LogP contribution < -0.4 is 9.64 Å². The Morgan fingerprint density at radius 3 is 2.88 bits per heavy atom. The van der Waals surface area contributed by atoms with E-state index in [1.54, 1.807) is 23.2 Å². The summed E-state index contributed by atoms with van der Waals surface area (Å²) in [7, 11) is -1.17. The predicted molar refractivity (Wildman–Crippen MR) is 128 cm³/mol. The highest BCUT2D eigenvalue weighted by Crippen LogP contribution is 2.43. The Morgan fingerprint density at radius 1 is 1.28 bits per heavy atom. The molecule has 0 aliphatic carbocycles. The van der Waals surface area contributed by atoms with Crippen LogP contribution in [0.3, 0.4) is 0 Å². The summed E-state index contributed by atoms with van der Waals surface area (Å²) in [5, 5.41) is 5.28.